The van der Waals surface area contributed by atoms with E-state index in [0.717, 1.165) is 4.90 Å². The summed E-state index contributed by atoms with van der Waals surface area (Å²) in [6.07, 6.45) is -1.21. The summed E-state index contributed by atoms with van der Waals surface area (Å²) in [5.41, 5.74) is 0.452. The van der Waals surface area contributed by atoms with Crippen LogP contribution in [-0.4, -0.2) is 89.1 Å². The predicted molar refractivity (Wildman–Crippen MR) is 130 cm³/mol. The Kier molecular flexibility index (Phi) is 11.5. The molecule has 3 amide bonds. The van der Waals surface area contributed by atoms with E-state index in [1.807, 2.05) is 67.8 Å². The lowest BCUT2D eigenvalue weighted by atomic mass is 10.1. The van der Waals surface area contributed by atoms with Gasteiger partial charge in [0.15, 0.2) is 0 Å². The number of benzene rings is 1. The van der Waals surface area contributed by atoms with E-state index in [9.17, 15) is 24.6 Å². The summed E-state index contributed by atoms with van der Waals surface area (Å²) < 4.78 is 1.04. The molecule has 13 heteroatoms. The van der Waals surface area contributed by atoms with Crippen LogP contribution in [0.25, 0.3) is 0 Å². The molecule has 0 aliphatic heterocycles. The largest absolute Gasteiger partial charge is 0.395 e. The van der Waals surface area contributed by atoms with E-state index in [2.05, 4.69) is 10.6 Å². The van der Waals surface area contributed by atoms with Gasteiger partial charge in [0, 0.05) is 23.7 Å². The van der Waals surface area contributed by atoms with Crippen LogP contribution in [0, 0.1) is 10.7 Å². The fourth-order valence-electron chi connectivity index (χ4n) is 2.33. The molecule has 162 valence electrons. The number of carbonyl (C=O) groups excluding carboxylic acids is 3. The van der Waals surface area contributed by atoms with Gasteiger partial charge in [0.1, 0.15) is 6.61 Å². The zero-order chi connectivity index (χ0) is 22.3. The second kappa shape index (κ2) is 12.5. The molecule has 0 aliphatic rings. The first-order valence-corrected chi connectivity index (χ1v) is 11.4. The SMILES string of the molecule is CNC(=O)c1c(I)c(NC(=O)CO)c(I)c(C(=O)N(CCO)CC(O)CO)c1I. The zero-order valence-electron chi connectivity index (χ0n) is 15.2. The van der Waals surface area contributed by atoms with Crippen molar-refractivity contribution in [1.29, 1.82) is 0 Å². The molecule has 0 aliphatic carbocycles. The maximum Gasteiger partial charge on any atom is 0.256 e. The number of hydrogen-bond acceptors (Lipinski definition) is 7. The molecule has 0 aromatic heterocycles. The molecule has 0 saturated carbocycles. The standard InChI is InChI=1S/C16H20I3N3O7/c1-20-15(28)9-11(17)10(13(19)14(12(9)18)21-8(27)6-25)16(29)22(2-3-23)4-7(26)5-24/h7,23-26H,2-6H2,1H3,(H,20,28)(H,21,27). The third-order valence-corrected chi connectivity index (χ3v) is 6.93. The van der Waals surface area contributed by atoms with Gasteiger partial charge < -0.3 is 36.0 Å². The van der Waals surface area contributed by atoms with Crippen LogP contribution in [0.5, 0.6) is 0 Å². The number of rotatable bonds is 9. The molecule has 1 atom stereocenters. The van der Waals surface area contributed by atoms with Crippen molar-refractivity contribution in [2.75, 3.05) is 45.3 Å². The van der Waals surface area contributed by atoms with Gasteiger partial charge >= 0.3 is 0 Å². The number of carbonyl (C=O) groups is 3. The molecule has 0 fully saturated rings. The summed E-state index contributed by atoms with van der Waals surface area (Å²) in [4.78, 5) is 38.6. The molecule has 1 aromatic carbocycles. The van der Waals surface area contributed by atoms with E-state index >= 15 is 0 Å². The third-order valence-electron chi connectivity index (χ3n) is 3.69. The van der Waals surface area contributed by atoms with Crippen molar-refractivity contribution in [1.82, 2.24) is 10.2 Å². The third kappa shape index (κ3) is 6.57. The molecular formula is C16H20I3N3O7. The Morgan fingerprint density at radius 3 is 2.10 bits per heavy atom. The molecule has 0 heterocycles. The number of amides is 3. The summed E-state index contributed by atoms with van der Waals surface area (Å²) in [6, 6.07) is 0. The van der Waals surface area contributed by atoms with Gasteiger partial charge in [0.05, 0.1) is 43.3 Å². The molecule has 0 radical (unpaired) electrons. The minimum Gasteiger partial charge on any atom is -0.395 e. The average Bonchev–Trinajstić information content (AvgIpc) is 2.69. The van der Waals surface area contributed by atoms with Crippen LogP contribution < -0.4 is 10.6 Å². The number of aliphatic hydroxyl groups is 4. The highest BCUT2D eigenvalue weighted by Crippen LogP contribution is 2.36. The van der Waals surface area contributed by atoms with E-state index in [4.69, 9.17) is 10.2 Å². The maximum absolute atomic E-state index is 13.2. The van der Waals surface area contributed by atoms with E-state index in [-0.39, 0.29) is 36.5 Å². The Balaban J connectivity index is 3.69. The summed E-state index contributed by atoms with van der Waals surface area (Å²) in [7, 11) is 1.43. The minimum absolute atomic E-state index is 0.0945. The van der Waals surface area contributed by atoms with Gasteiger partial charge in [-0.2, -0.15) is 0 Å². The fourth-order valence-corrected chi connectivity index (χ4v) is 6.72. The summed E-state index contributed by atoms with van der Waals surface area (Å²) in [6.45, 7) is -2.07. The molecule has 6 N–H and O–H groups in total. The molecular weight excluding hydrogens is 727 g/mol. The molecule has 1 rings (SSSR count). The molecule has 0 saturated heterocycles. The Morgan fingerprint density at radius 1 is 1.03 bits per heavy atom. The first-order chi connectivity index (χ1) is 13.6. The molecule has 1 aromatic rings. The van der Waals surface area contributed by atoms with Crippen molar-refractivity contribution in [3.63, 3.8) is 0 Å². The monoisotopic (exact) mass is 747 g/mol. The highest BCUT2D eigenvalue weighted by Gasteiger charge is 2.30. The van der Waals surface area contributed by atoms with E-state index < -0.39 is 37.0 Å². The van der Waals surface area contributed by atoms with Crippen molar-refractivity contribution in [3.05, 3.63) is 21.8 Å². The van der Waals surface area contributed by atoms with Crippen LogP contribution in [0.3, 0.4) is 0 Å². The molecule has 29 heavy (non-hydrogen) atoms. The van der Waals surface area contributed by atoms with Crippen LogP contribution >= 0.6 is 67.8 Å². The van der Waals surface area contributed by atoms with Gasteiger partial charge in [-0.3, -0.25) is 14.4 Å². The van der Waals surface area contributed by atoms with Gasteiger partial charge in [-0.25, -0.2) is 0 Å². The van der Waals surface area contributed by atoms with Gasteiger partial charge in [-0.1, -0.05) is 0 Å². The van der Waals surface area contributed by atoms with Gasteiger partial charge in [0.25, 0.3) is 11.8 Å². The fraction of sp³-hybridized carbons (Fsp3) is 0.438. The highest BCUT2D eigenvalue weighted by molar-refractivity contribution is 14.1. The number of halogens is 3. The van der Waals surface area contributed by atoms with Crippen molar-refractivity contribution >= 4 is 91.2 Å². The van der Waals surface area contributed by atoms with Crippen LogP contribution in [0.4, 0.5) is 5.69 Å². The van der Waals surface area contributed by atoms with Crippen LogP contribution in [0.1, 0.15) is 20.7 Å². The summed E-state index contributed by atoms with van der Waals surface area (Å²) in [5.74, 6) is -1.79. The molecule has 1 unspecified atom stereocenters. The summed E-state index contributed by atoms with van der Waals surface area (Å²) >= 11 is 5.59. The normalized spacial score (nSPS) is 11.7. The van der Waals surface area contributed by atoms with Gasteiger partial charge in [-0.15, -0.1) is 0 Å². The summed E-state index contributed by atoms with van der Waals surface area (Å²) in [5, 5.41) is 42.2. The first kappa shape index (κ1) is 26.7. The predicted octanol–water partition coefficient (Wildman–Crippen LogP) is -0.422. The lowest BCUT2D eigenvalue weighted by molar-refractivity contribution is -0.118. The number of hydrogen-bond donors (Lipinski definition) is 6. The zero-order valence-corrected chi connectivity index (χ0v) is 21.7. The maximum atomic E-state index is 13.2. The Bertz CT molecular complexity index is 792. The first-order valence-electron chi connectivity index (χ1n) is 8.16. The van der Waals surface area contributed by atoms with Crippen LogP contribution in [-0.2, 0) is 4.79 Å². The minimum atomic E-state index is -1.21. The van der Waals surface area contributed by atoms with Gasteiger partial charge in [-0.05, 0) is 67.8 Å². The Morgan fingerprint density at radius 2 is 1.62 bits per heavy atom. The number of anilines is 1. The molecule has 10 nitrogen and oxygen atoms in total. The molecule has 0 spiro atoms. The number of nitrogens with zero attached hydrogens (tertiary/aromatic N) is 1. The van der Waals surface area contributed by atoms with Crippen LogP contribution in [0.2, 0.25) is 0 Å². The average molecular weight is 747 g/mol. The van der Waals surface area contributed by atoms with E-state index in [0.29, 0.717) is 10.7 Å². The number of aliphatic hydroxyl groups excluding tert-OH is 4. The van der Waals surface area contributed by atoms with Crippen molar-refractivity contribution in [2.24, 2.45) is 0 Å². The van der Waals surface area contributed by atoms with E-state index in [1.165, 1.54) is 7.05 Å². The van der Waals surface area contributed by atoms with Crippen LogP contribution in [0.15, 0.2) is 0 Å². The molecule has 0 bridgehead atoms. The quantitative estimate of drug-likeness (QED) is 0.188. The van der Waals surface area contributed by atoms with Crippen molar-refractivity contribution in [2.45, 2.75) is 6.10 Å². The smallest absolute Gasteiger partial charge is 0.256 e. The lowest BCUT2D eigenvalue weighted by Gasteiger charge is -2.26. The number of nitrogens with one attached hydrogen (secondary N) is 2. The van der Waals surface area contributed by atoms with Gasteiger partial charge in [0.2, 0.25) is 5.91 Å². The second-order valence-electron chi connectivity index (χ2n) is 5.66. The van der Waals surface area contributed by atoms with Crippen molar-refractivity contribution < 1.29 is 34.8 Å². The lowest BCUT2D eigenvalue weighted by Crippen LogP contribution is -2.41. The second-order valence-corrected chi connectivity index (χ2v) is 8.90. The highest BCUT2D eigenvalue weighted by atomic mass is 127. The van der Waals surface area contributed by atoms with Crippen molar-refractivity contribution in [3.8, 4) is 0 Å². The topological polar surface area (TPSA) is 159 Å². The van der Waals surface area contributed by atoms with E-state index in [1.54, 1.807) is 0 Å². The Labute approximate surface area is 207 Å². The Hall–Kier alpha value is -0.340.